The number of pyridine rings is 1. The zero-order chi connectivity index (χ0) is 18.0. The Hall–Kier alpha value is -1.95. The number of amides is 1. The van der Waals surface area contributed by atoms with Crippen molar-refractivity contribution in [1.29, 1.82) is 0 Å². The van der Waals surface area contributed by atoms with Crippen molar-refractivity contribution in [2.45, 2.75) is 52.6 Å². The lowest BCUT2D eigenvalue weighted by Gasteiger charge is -2.19. The summed E-state index contributed by atoms with van der Waals surface area (Å²) in [7, 11) is 3.99. The van der Waals surface area contributed by atoms with Gasteiger partial charge in [-0.25, -0.2) is 9.67 Å². The molecule has 132 valence electrons. The van der Waals surface area contributed by atoms with E-state index < -0.39 is 0 Å². The second-order valence-corrected chi connectivity index (χ2v) is 7.31. The summed E-state index contributed by atoms with van der Waals surface area (Å²) in [6, 6.07) is 2.16. The third kappa shape index (κ3) is 3.93. The molecule has 2 aromatic rings. The van der Waals surface area contributed by atoms with Crippen LogP contribution in [0.25, 0.3) is 11.0 Å². The molecule has 6 heteroatoms. The number of hydrogen-bond donors (Lipinski definition) is 1. The van der Waals surface area contributed by atoms with Gasteiger partial charge in [-0.2, -0.15) is 5.10 Å². The monoisotopic (exact) mass is 331 g/mol. The molecule has 0 aliphatic rings. The molecule has 0 bridgehead atoms. The van der Waals surface area contributed by atoms with E-state index in [-0.39, 0.29) is 23.9 Å². The molecule has 0 aromatic carbocycles. The van der Waals surface area contributed by atoms with Crippen molar-refractivity contribution in [1.82, 2.24) is 25.0 Å². The number of likely N-dealkylation sites (N-methyl/N-ethyl adjacent to an activating group) is 1. The van der Waals surface area contributed by atoms with E-state index in [1.54, 1.807) is 6.20 Å². The van der Waals surface area contributed by atoms with E-state index in [9.17, 15) is 4.79 Å². The molecule has 1 N–H and O–H groups in total. The Balaban J connectivity index is 2.46. The molecule has 0 aliphatic heterocycles. The lowest BCUT2D eigenvalue weighted by molar-refractivity contribution is 0.0936. The number of carbonyl (C=O) groups excluding carboxylic acids is 1. The molecule has 0 spiro atoms. The predicted molar refractivity (Wildman–Crippen MR) is 97.5 cm³/mol. The molecule has 0 saturated heterocycles. The van der Waals surface area contributed by atoms with Crippen LogP contribution in [0.5, 0.6) is 0 Å². The molecule has 2 heterocycles. The molecule has 24 heavy (non-hydrogen) atoms. The van der Waals surface area contributed by atoms with Gasteiger partial charge < -0.3 is 10.2 Å². The summed E-state index contributed by atoms with van der Waals surface area (Å²) in [5, 5.41) is 8.32. The highest BCUT2D eigenvalue weighted by Crippen LogP contribution is 2.24. The normalized spacial score (nSPS) is 13.2. The fraction of sp³-hybridized carbons (Fsp3) is 0.611. The topological polar surface area (TPSA) is 63.1 Å². The number of rotatable bonds is 6. The van der Waals surface area contributed by atoms with Crippen LogP contribution >= 0.6 is 0 Å². The first kappa shape index (κ1) is 18.4. The maximum absolute atomic E-state index is 12.8. The van der Waals surface area contributed by atoms with E-state index in [2.05, 4.69) is 43.0 Å². The van der Waals surface area contributed by atoms with Crippen LogP contribution in [-0.2, 0) is 0 Å². The van der Waals surface area contributed by atoms with Crippen LogP contribution in [0.15, 0.2) is 12.3 Å². The SMILES string of the molecule is CC(CN(C)C)NC(=O)c1cc(C(C)C)nc2c1cnn2C(C)C. The third-order valence-electron chi connectivity index (χ3n) is 3.93. The van der Waals surface area contributed by atoms with Crippen LogP contribution in [0.1, 0.15) is 62.6 Å². The van der Waals surface area contributed by atoms with Gasteiger partial charge in [-0.05, 0) is 46.9 Å². The fourth-order valence-electron chi connectivity index (χ4n) is 2.79. The van der Waals surface area contributed by atoms with Crippen molar-refractivity contribution in [3.8, 4) is 0 Å². The number of nitrogens with zero attached hydrogens (tertiary/aromatic N) is 4. The Kier molecular flexibility index (Phi) is 5.59. The highest BCUT2D eigenvalue weighted by atomic mass is 16.1. The molecule has 2 aromatic heterocycles. The van der Waals surface area contributed by atoms with Crippen molar-refractivity contribution in [3.05, 3.63) is 23.5 Å². The summed E-state index contributed by atoms with van der Waals surface area (Å²) in [5.41, 5.74) is 2.35. The number of nitrogens with one attached hydrogen (secondary N) is 1. The molecule has 1 unspecified atom stereocenters. The lowest BCUT2D eigenvalue weighted by Crippen LogP contribution is -2.39. The highest BCUT2D eigenvalue weighted by Gasteiger charge is 2.20. The van der Waals surface area contributed by atoms with E-state index in [4.69, 9.17) is 4.98 Å². The van der Waals surface area contributed by atoms with Crippen LogP contribution in [0.4, 0.5) is 0 Å². The van der Waals surface area contributed by atoms with Gasteiger partial charge in [0.1, 0.15) is 0 Å². The molecule has 0 fully saturated rings. The minimum Gasteiger partial charge on any atom is -0.348 e. The van der Waals surface area contributed by atoms with Crippen molar-refractivity contribution in [3.63, 3.8) is 0 Å². The first-order valence-electron chi connectivity index (χ1n) is 8.54. The van der Waals surface area contributed by atoms with Gasteiger partial charge >= 0.3 is 0 Å². The summed E-state index contributed by atoms with van der Waals surface area (Å²) in [5.74, 6) is 0.178. The molecule has 0 saturated carbocycles. The minimum atomic E-state index is -0.0676. The Morgan fingerprint density at radius 1 is 1.25 bits per heavy atom. The third-order valence-corrected chi connectivity index (χ3v) is 3.93. The van der Waals surface area contributed by atoms with Crippen molar-refractivity contribution in [2.75, 3.05) is 20.6 Å². The zero-order valence-corrected chi connectivity index (χ0v) is 15.8. The predicted octanol–water partition coefficient (Wildman–Crippen LogP) is 2.82. The fourth-order valence-corrected chi connectivity index (χ4v) is 2.79. The largest absolute Gasteiger partial charge is 0.348 e. The van der Waals surface area contributed by atoms with Crippen LogP contribution in [0.2, 0.25) is 0 Å². The molecule has 0 aliphatic carbocycles. The molecule has 1 atom stereocenters. The first-order chi connectivity index (χ1) is 11.2. The zero-order valence-electron chi connectivity index (χ0n) is 15.8. The minimum absolute atomic E-state index is 0.0676. The Bertz CT molecular complexity index is 718. The molecule has 6 nitrogen and oxygen atoms in total. The second kappa shape index (κ2) is 7.30. The van der Waals surface area contributed by atoms with Crippen LogP contribution in [0.3, 0.4) is 0 Å². The molecule has 2 rings (SSSR count). The number of hydrogen-bond acceptors (Lipinski definition) is 4. The summed E-state index contributed by atoms with van der Waals surface area (Å²) in [4.78, 5) is 19.6. The average molecular weight is 331 g/mol. The van der Waals surface area contributed by atoms with Crippen molar-refractivity contribution >= 4 is 16.9 Å². The van der Waals surface area contributed by atoms with Crippen molar-refractivity contribution < 1.29 is 4.79 Å². The maximum atomic E-state index is 12.8. The van der Waals surface area contributed by atoms with Gasteiger partial charge in [0.25, 0.3) is 5.91 Å². The Labute approximate surface area is 144 Å². The summed E-state index contributed by atoms with van der Waals surface area (Å²) in [6.45, 7) is 11.1. The maximum Gasteiger partial charge on any atom is 0.252 e. The second-order valence-electron chi connectivity index (χ2n) is 7.31. The molecule has 1 amide bonds. The van der Waals surface area contributed by atoms with Gasteiger partial charge in [0.05, 0.1) is 17.1 Å². The number of carbonyl (C=O) groups is 1. The van der Waals surface area contributed by atoms with Gasteiger partial charge in [0, 0.05) is 24.3 Å². The van der Waals surface area contributed by atoms with Gasteiger partial charge in [-0.3, -0.25) is 4.79 Å². The Morgan fingerprint density at radius 2 is 1.92 bits per heavy atom. The van der Waals surface area contributed by atoms with Crippen LogP contribution in [0, 0.1) is 0 Å². The van der Waals surface area contributed by atoms with Crippen LogP contribution < -0.4 is 5.32 Å². The number of fused-ring (bicyclic) bond motifs is 1. The standard InChI is InChI=1S/C18H29N5O/c1-11(2)16-8-14(18(24)20-13(5)10-22(6)7)15-9-19-23(12(3)4)17(15)21-16/h8-9,11-13H,10H2,1-7H3,(H,20,24). The highest BCUT2D eigenvalue weighted by molar-refractivity contribution is 6.05. The smallest absolute Gasteiger partial charge is 0.252 e. The Morgan fingerprint density at radius 3 is 2.46 bits per heavy atom. The molecule has 0 radical (unpaired) electrons. The van der Waals surface area contributed by atoms with Gasteiger partial charge in [0.15, 0.2) is 5.65 Å². The van der Waals surface area contributed by atoms with Gasteiger partial charge in [-0.15, -0.1) is 0 Å². The van der Waals surface area contributed by atoms with E-state index in [0.29, 0.717) is 5.56 Å². The van der Waals surface area contributed by atoms with E-state index >= 15 is 0 Å². The molecular weight excluding hydrogens is 302 g/mol. The summed E-state index contributed by atoms with van der Waals surface area (Å²) in [6.07, 6.45) is 1.75. The van der Waals surface area contributed by atoms with Crippen LogP contribution in [-0.4, -0.2) is 52.3 Å². The number of aromatic nitrogens is 3. The van der Waals surface area contributed by atoms with Gasteiger partial charge in [0.2, 0.25) is 0 Å². The van der Waals surface area contributed by atoms with Crippen molar-refractivity contribution in [2.24, 2.45) is 0 Å². The quantitative estimate of drug-likeness (QED) is 0.884. The average Bonchev–Trinajstić information content (AvgIpc) is 2.88. The molecular formula is C18H29N5O. The van der Waals surface area contributed by atoms with Gasteiger partial charge in [-0.1, -0.05) is 13.8 Å². The summed E-state index contributed by atoms with van der Waals surface area (Å²) < 4.78 is 1.88. The van der Waals surface area contributed by atoms with E-state index in [0.717, 1.165) is 23.3 Å². The summed E-state index contributed by atoms with van der Waals surface area (Å²) >= 11 is 0. The lowest BCUT2D eigenvalue weighted by atomic mass is 10.0. The van der Waals surface area contributed by atoms with E-state index in [1.807, 2.05) is 31.8 Å². The van der Waals surface area contributed by atoms with E-state index in [1.165, 1.54) is 0 Å². The first-order valence-corrected chi connectivity index (χ1v) is 8.54.